The zero-order chi connectivity index (χ0) is 11.4. The Bertz CT molecular complexity index is 476. The van der Waals surface area contributed by atoms with Gasteiger partial charge in [0.25, 0.3) is 5.88 Å². The first-order valence-electron chi connectivity index (χ1n) is 4.73. The molecule has 82 valence electrons. The molecule has 0 atom stereocenters. The van der Waals surface area contributed by atoms with E-state index in [0.717, 1.165) is 5.56 Å². The largest absolute Gasteiger partial charge is 0.471 e. The zero-order valence-corrected chi connectivity index (χ0v) is 9.95. The summed E-state index contributed by atoms with van der Waals surface area (Å²) in [5.74, 6) is -0.447. The number of hydrogen-bond donors (Lipinski definition) is 0. The maximum Gasteiger partial charge on any atom is 0.250 e. The third-order valence-corrected chi connectivity index (χ3v) is 2.43. The van der Waals surface area contributed by atoms with Crippen molar-refractivity contribution in [2.45, 2.75) is 6.61 Å². The standard InChI is InChI=1S/C12H9BrFNO/c13-10-6-11(14)12(15-7-10)16-8-9-4-2-1-3-5-9/h1-7H,8H2. The van der Waals surface area contributed by atoms with Crippen LogP contribution >= 0.6 is 15.9 Å². The van der Waals surface area contributed by atoms with E-state index in [1.165, 1.54) is 12.3 Å². The number of rotatable bonds is 3. The van der Waals surface area contributed by atoms with Crippen LogP contribution in [0.5, 0.6) is 5.88 Å². The summed E-state index contributed by atoms with van der Waals surface area (Å²) in [7, 11) is 0. The Balaban J connectivity index is 2.05. The maximum absolute atomic E-state index is 13.3. The van der Waals surface area contributed by atoms with Gasteiger partial charge in [-0.05, 0) is 27.6 Å². The van der Waals surface area contributed by atoms with Crippen LogP contribution in [0.3, 0.4) is 0 Å². The molecule has 0 amide bonds. The van der Waals surface area contributed by atoms with E-state index in [0.29, 0.717) is 11.1 Å². The summed E-state index contributed by atoms with van der Waals surface area (Å²) in [5, 5.41) is 0. The molecular formula is C12H9BrFNO. The first kappa shape index (κ1) is 11.1. The predicted octanol–water partition coefficient (Wildman–Crippen LogP) is 3.56. The van der Waals surface area contributed by atoms with E-state index in [2.05, 4.69) is 20.9 Å². The minimum absolute atomic E-state index is 0.0204. The van der Waals surface area contributed by atoms with Crippen LogP contribution in [0.2, 0.25) is 0 Å². The molecule has 16 heavy (non-hydrogen) atoms. The van der Waals surface area contributed by atoms with E-state index in [4.69, 9.17) is 4.74 Å². The Morgan fingerprint density at radius 2 is 2.00 bits per heavy atom. The van der Waals surface area contributed by atoms with Gasteiger partial charge in [0.2, 0.25) is 0 Å². The van der Waals surface area contributed by atoms with Crippen LogP contribution in [0.4, 0.5) is 4.39 Å². The van der Waals surface area contributed by atoms with Crippen LogP contribution < -0.4 is 4.74 Å². The monoisotopic (exact) mass is 281 g/mol. The van der Waals surface area contributed by atoms with Gasteiger partial charge in [0.05, 0.1) is 0 Å². The van der Waals surface area contributed by atoms with Crippen LogP contribution in [0.25, 0.3) is 0 Å². The fourth-order valence-corrected chi connectivity index (χ4v) is 1.54. The number of nitrogens with zero attached hydrogens (tertiary/aromatic N) is 1. The average Bonchev–Trinajstić information content (AvgIpc) is 2.29. The molecule has 2 aromatic rings. The Kier molecular flexibility index (Phi) is 3.51. The number of pyridine rings is 1. The molecule has 4 heteroatoms. The van der Waals surface area contributed by atoms with Gasteiger partial charge in [-0.3, -0.25) is 0 Å². The highest BCUT2D eigenvalue weighted by molar-refractivity contribution is 9.10. The molecule has 0 aliphatic heterocycles. The molecule has 1 heterocycles. The highest BCUT2D eigenvalue weighted by atomic mass is 79.9. The summed E-state index contributed by atoms with van der Waals surface area (Å²) < 4.78 is 19.2. The molecule has 0 aliphatic carbocycles. The molecule has 0 bridgehead atoms. The van der Waals surface area contributed by atoms with Gasteiger partial charge in [-0.1, -0.05) is 30.3 Å². The van der Waals surface area contributed by atoms with Crippen molar-refractivity contribution in [3.05, 3.63) is 58.4 Å². The molecule has 0 spiro atoms. The first-order valence-corrected chi connectivity index (χ1v) is 5.53. The van der Waals surface area contributed by atoms with Crippen LogP contribution in [-0.4, -0.2) is 4.98 Å². The van der Waals surface area contributed by atoms with Gasteiger partial charge in [-0.15, -0.1) is 0 Å². The second-order valence-corrected chi connectivity index (χ2v) is 4.13. The Morgan fingerprint density at radius 3 is 2.69 bits per heavy atom. The van der Waals surface area contributed by atoms with E-state index in [1.807, 2.05) is 30.3 Å². The third-order valence-electron chi connectivity index (χ3n) is 1.99. The molecule has 0 saturated heterocycles. The normalized spacial score (nSPS) is 10.1. The molecule has 1 aromatic heterocycles. The number of benzene rings is 1. The van der Waals surface area contributed by atoms with Gasteiger partial charge in [0.1, 0.15) is 6.61 Å². The highest BCUT2D eigenvalue weighted by Gasteiger charge is 2.05. The summed E-state index contributed by atoms with van der Waals surface area (Å²) in [6.45, 7) is 0.312. The molecular weight excluding hydrogens is 273 g/mol. The fourth-order valence-electron chi connectivity index (χ4n) is 1.23. The molecule has 0 N–H and O–H groups in total. The lowest BCUT2D eigenvalue weighted by atomic mass is 10.2. The molecule has 2 rings (SSSR count). The third kappa shape index (κ3) is 2.79. The van der Waals surface area contributed by atoms with Gasteiger partial charge in [-0.2, -0.15) is 0 Å². The quantitative estimate of drug-likeness (QED) is 0.858. The van der Waals surface area contributed by atoms with Crippen LogP contribution in [0.1, 0.15) is 5.56 Å². The van der Waals surface area contributed by atoms with Crippen molar-refractivity contribution in [3.63, 3.8) is 0 Å². The van der Waals surface area contributed by atoms with Gasteiger partial charge in [0, 0.05) is 10.7 Å². The number of hydrogen-bond acceptors (Lipinski definition) is 2. The van der Waals surface area contributed by atoms with Crippen molar-refractivity contribution >= 4 is 15.9 Å². The lowest BCUT2D eigenvalue weighted by Crippen LogP contribution is -1.99. The van der Waals surface area contributed by atoms with E-state index < -0.39 is 5.82 Å². The molecule has 0 aliphatic rings. The van der Waals surface area contributed by atoms with Crippen molar-refractivity contribution in [1.29, 1.82) is 0 Å². The Morgan fingerprint density at radius 1 is 1.25 bits per heavy atom. The van der Waals surface area contributed by atoms with Crippen LogP contribution in [0.15, 0.2) is 47.1 Å². The van der Waals surface area contributed by atoms with E-state index in [9.17, 15) is 4.39 Å². The van der Waals surface area contributed by atoms with Crippen molar-refractivity contribution in [2.75, 3.05) is 0 Å². The van der Waals surface area contributed by atoms with Crippen molar-refractivity contribution in [3.8, 4) is 5.88 Å². The van der Waals surface area contributed by atoms with Gasteiger partial charge < -0.3 is 4.74 Å². The second-order valence-electron chi connectivity index (χ2n) is 3.21. The van der Waals surface area contributed by atoms with Crippen molar-refractivity contribution in [1.82, 2.24) is 4.98 Å². The van der Waals surface area contributed by atoms with Gasteiger partial charge >= 0.3 is 0 Å². The molecule has 1 aromatic carbocycles. The average molecular weight is 282 g/mol. The van der Waals surface area contributed by atoms with Crippen LogP contribution in [-0.2, 0) is 6.61 Å². The summed E-state index contributed by atoms with van der Waals surface area (Å²) in [5.41, 5.74) is 0.978. The molecule has 0 radical (unpaired) electrons. The minimum atomic E-state index is -0.467. The summed E-state index contributed by atoms with van der Waals surface area (Å²) in [6, 6.07) is 10.9. The van der Waals surface area contributed by atoms with Crippen LogP contribution in [0, 0.1) is 5.82 Å². The smallest absolute Gasteiger partial charge is 0.250 e. The number of ether oxygens (including phenoxy) is 1. The second kappa shape index (κ2) is 5.07. The lowest BCUT2D eigenvalue weighted by Gasteiger charge is -2.05. The SMILES string of the molecule is Fc1cc(Br)cnc1OCc1ccccc1. The number of aromatic nitrogens is 1. The molecule has 0 saturated carbocycles. The summed E-state index contributed by atoms with van der Waals surface area (Å²) >= 11 is 3.13. The van der Waals surface area contributed by atoms with Crippen molar-refractivity contribution < 1.29 is 9.13 Å². The molecule has 0 fully saturated rings. The minimum Gasteiger partial charge on any atom is -0.471 e. The fraction of sp³-hybridized carbons (Fsp3) is 0.0833. The first-order chi connectivity index (χ1) is 7.75. The highest BCUT2D eigenvalue weighted by Crippen LogP contribution is 2.18. The van der Waals surface area contributed by atoms with Gasteiger partial charge in [-0.25, -0.2) is 9.37 Å². The topological polar surface area (TPSA) is 22.1 Å². The lowest BCUT2D eigenvalue weighted by molar-refractivity contribution is 0.277. The predicted molar refractivity (Wildman–Crippen MR) is 62.7 cm³/mol. The summed E-state index contributed by atoms with van der Waals surface area (Å²) in [4.78, 5) is 3.85. The van der Waals surface area contributed by atoms with E-state index in [1.54, 1.807) is 0 Å². The summed E-state index contributed by atoms with van der Waals surface area (Å²) in [6.07, 6.45) is 1.50. The van der Waals surface area contributed by atoms with Crippen molar-refractivity contribution in [2.24, 2.45) is 0 Å². The zero-order valence-electron chi connectivity index (χ0n) is 8.36. The Hall–Kier alpha value is -1.42. The van der Waals surface area contributed by atoms with E-state index >= 15 is 0 Å². The maximum atomic E-state index is 13.3. The Labute approximate surface area is 101 Å². The van der Waals surface area contributed by atoms with Gasteiger partial charge in [0.15, 0.2) is 5.82 Å². The number of halogens is 2. The molecule has 2 nitrogen and oxygen atoms in total. The molecule has 0 unspecified atom stereocenters. The van der Waals surface area contributed by atoms with E-state index in [-0.39, 0.29) is 5.88 Å².